The molecular formula is C13H22INOS. The molecule has 1 unspecified atom stereocenters. The average molecular weight is 367 g/mol. The molecule has 0 amide bonds. The minimum atomic E-state index is -0.0309. The van der Waals surface area contributed by atoms with Gasteiger partial charge in [-0.1, -0.05) is 6.92 Å². The van der Waals surface area contributed by atoms with Crippen molar-refractivity contribution in [3.8, 4) is 0 Å². The monoisotopic (exact) mass is 367 g/mol. The molecule has 1 aromatic heterocycles. The first-order valence-corrected chi connectivity index (χ1v) is 7.97. The van der Waals surface area contributed by atoms with Crippen molar-refractivity contribution < 1.29 is 4.74 Å². The molecular weight excluding hydrogens is 345 g/mol. The van der Waals surface area contributed by atoms with Crippen LogP contribution in [-0.4, -0.2) is 19.3 Å². The molecule has 0 spiro atoms. The number of hydrogen-bond acceptors (Lipinski definition) is 3. The van der Waals surface area contributed by atoms with Gasteiger partial charge in [0.25, 0.3) is 0 Å². The van der Waals surface area contributed by atoms with E-state index in [-0.39, 0.29) is 5.60 Å². The Morgan fingerprint density at radius 2 is 2.24 bits per heavy atom. The number of nitrogens with one attached hydrogen (secondary N) is 1. The van der Waals surface area contributed by atoms with E-state index in [9.17, 15) is 0 Å². The normalized spacial score (nSPS) is 13.9. The molecule has 0 aliphatic carbocycles. The maximum atomic E-state index is 5.48. The first-order valence-electron chi connectivity index (χ1n) is 6.01. The molecule has 17 heavy (non-hydrogen) atoms. The summed E-state index contributed by atoms with van der Waals surface area (Å²) in [7, 11) is 1.79. The number of rotatable bonds is 7. The van der Waals surface area contributed by atoms with Crippen molar-refractivity contribution in [2.24, 2.45) is 0 Å². The fourth-order valence-electron chi connectivity index (χ4n) is 1.73. The first kappa shape index (κ1) is 15.4. The van der Waals surface area contributed by atoms with E-state index in [1.54, 1.807) is 7.11 Å². The molecule has 0 fully saturated rings. The van der Waals surface area contributed by atoms with Crippen molar-refractivity contribution in [2.45, 2.75) is 45.3 Å². The van der Waals surface area contributed by atoms with Crippen LogP contribution in [0.2, 0.25) is 0 Å². The Bertz CT molecular complexity index is 338. The first-order chi connectivity index (χ1) is 7.98. The molecule has 0 aromatic carbocycles. The Balaban J connectivity index is 2.61. The largest absolute Gasteiger partial charge is 0.379 e. The topological polar surface area (TPSA) is 21.3 Å². The molecule has 1 rings (SSSR count). The molecule has 1 N–H and O–H groups in total. The van der Waals surface area contributed by atoms with Crippen LogP contribution < -0.4 is 5.32 Å². The molecule has 0 saturated carbocycles. The van der Waals surface area contributed by atoms with Gasteiger partial charge in [0.1, 0.15) is 0 Å². The number of halogens is 1. The average Bonchev–Trinajstić information content (AvgIpc) is 2.71. The predicted molar refractivity (Wildman–Crippen MR) is 83.8 cm³/mol. The molecule has 0 radical (unpaired) electrons. The smallest absolute Gasteiger partial charge is 0.0656 e. The van der Waals surface area contributed by atoms with Crippen LogP contribution in [0.3, 0.4) is 0 Å². The zero-order valence-corrected chi connectivity index (χ0v) is 14.0. The van der Waals surface area contributed by atoms with Crippen LogP contribution in [0.1, 0.15) is 45.2 Å². The van der Waals surface area contributed by atoms with Gasteiger partial charge in [-0.25, -0.2) is 0 Å². The van der Waals surface area contributed by atoms with Gasteiger partial charge in [-0.3, -0.25) is 0 Å². The van der Waals surface area contributed by atoms with E-state index in [1.807, 2.05) is 11.3 Å². The van der Waals surface area contributed by atoms with Crippen LogP contribution in [0, 0.1) is 2.88 Å². The van der Waals surface area contributed by atoms with Crippen LogP contribution in [0.4, 0.5) is 0 Å². The molecule has 98 valence electrons. The van der Waals surface area contributed by atoms with Crippen molar-refractivity contribution in [1.82, 2.24) is 5.32 Å². The lowest BCUT2D eigenvalue weighted by Gasteiger charge is -2.26. The Morgan fingerprint density at radius 3 is 2.71 bits per heavy atom. The van der Waals surface area contributed by atoms with Crippen LogP contribution in [0.25, 0.3) is 0 Å². The summed E-state index contributed by atoms with van der Waals surface area (Å²) in [5.41, 5.74) is 1.38. The lowest BCUT2D eigenvalue weighted by Crippen LogP contribution is -2.27. The summed E-state index contributed by atoms with van der Waals surface area (Å²) in [6.45, 7) is 7.46. The number of ether oxygens (including phenoxy) is 1. The Kier molecular flexibility index (Phi) is 6.40. The quantitative estimate of drug-likeness (QED) is 0.729. The maximum absolute atomic E-state index is 5.48. The van der Waals surface area contributed by atoms with Crippen LogP contribution in [-0.2, 0) is 4.74 Å². The summed E-state index contributed by atoms with van der Waals surface area (Å²) in [5.74, 6) is 0. The third kappa shape index (κ3) is 5.24. The van der Waals surface area contributed by atoms with Gasteiger partial charge in [0.15, 0.2) is 0 Å². The molecule has 0 aliphatic heterocycles. The fraction of sp³-hybridized carbons (Fsp3) is 0.692. The van der Waals surface area contributed by atoms with Gasteiger partial charge in [0.2, 0.25) is 0 Å². The molecule has 4 heteroatoms. The third-order valence-corrected chi connectivity index (χ3v) is 4.84. The van der Waals surface area contributed by atoms with E-state index in [0.29, 0.717) is 6.04 Å². The van der Waals surface area contributed by atoms with Crippen molar-refractivity contribution in [3.63, 3.8) is 0 Å². The van der Waals surface area contributed by atoms with Crippen molar-refractivity contribution >= 4 is 33.9 Å². The number of hydrogen-bond donors (Lipinski definition) is 1. The van der Waals surface area contributed by atoms with E-state index in [0.717, 1.165) is 19.4 Å². The van der Waals surface area contributed by atoms with Gasteiger partial charge in [0.05, 0.1) is 8.48 Å². The molecule has 0 saturated heterocycles. The van der Waals surface area contributed by atoms with Gasteiger partial charge in [-0.15, -0.1) is 11.3 Å². The Morgan fingerprint density at radius 1 is 1.53 bits per heavy atom. The highest BCUT2D eigenvalue weighted by molar-refractivity contribution is 14.1. The van der Waals surface area contributed by atoms with Gasteiger partial charge in [0, 0.05) is 13.2 Å². The van der Waals surface area contributed by atoms with Crippen molar-refractivity contribution in [2.75, 3.05) is 13.7 Å². The van der Waals surface area contributed by atoms with Crippen molar-refractivity contribution in [3.05, 3.63) is 19.9 Å². The molecule has 0 aliphatic rings. The van der Waals surface area contributed by atoms with Gasteiger partial charge < -0.3 is 10.1 Å². The van der Waals surface area contributed by atoms with E-state index in [1.165, 1.54) is 8.45 Å². The lowest BCUT2D eigenvalue weighted by atomic mass is 9.96. The number of methoxy groups -OCH3 is 1. The van der Waals surface area contributed by atoms with E-state index >= 15 is 0 Å². The van der Waals surface area contributed by atoms with E-state index in [2.05, 4.69) is 60.1 Å². The standard InChI is InChI=1S/C13H22INOS/c1-5-15-11(6-7-13(2,3)16-4)10-8-12(14)17-9-10/h8-9,11,15H,5-7H2,1-4H3. The van der Waals surface area contributed by atoms with Crippen LogP contribution in [0.5, 0.6) is 0 Å². The second kappa shape index (κ2) is 7.07. The summed E-state index contributed by atoms with van der Waals surface area (Å²) in [6, 6.07) is 2.73. The van der Waals surface area contributed by atoms with Gasteiger partial charge in [-0.05, 0) is 72.8 Å². The molecule has 1 aromatic rings. The summed E-state index contributed by atoms with van der Waals surface area (Å²) in [4.78, 5) is 0. The van der Waals surface area contributed by atoms with Gasteiger partial charge in [-0.2, -0.15) is 0 Å². The van der Waals surface area contributed by atoms with Gasteiger partial charge >= 0.3 is 0 Å². The minimum absolute atomic E-state index is 0.0309. The fourth-order valence-corrected chi connectivity index (χ4v) is 3.16. The summed E-state index contributed by atoms with van der Waals surface area (Å²) in [6.07, 6.45) is 2.18. The Labute approximate surface area is 122 Å². The molecule has 2 nitrogen and oxygen atoms in total. The molecule has 1 atom stereocenters. The summed E-state index contributed by atoms with van der Waals surface area (Å²) >= 11 is 4.19. The lowest BCUT2D eigenvalue weighted by molar-refractivity contribution is 0.0117. The van der Waals surface area contributed by atoms with E-state index < -0.39 is 0 Å². The summed E-state index contributed by atoms with van der Waals surface area (Å²) in [5, 5.41) is 5.82. The zero-order valence-electron chi connectivity index (χ0n) is 11.0. The Hall–Kier alpha value is 0.350. The highest BCUT2D eigenvalue weighted by atomic mass is 127. The SMILES string of the molecule is CCNC(CCC(C)(C)OC)c1csc(I)c1. The molecule has 0 bridgehead atoms. The van der Waals surface area contributed by atoms with Crippen LogP contribution >= 0.6 is 33.9 Å². The maximum Gasteiger partial charge on any atom is 0.0656 e. The second-order valence-electron chi connectivity index (χ2n) is 4.80. The van der Waals surface area contributed by atoms with Crippen LogP contribution in [0.15, 0.2) is 11.4 Å². The highest BCUT2D eigenvalue weighted by Crippen LogP contribution is 2.28. The second-order valence-corrected chi connectivity index (χ2v) is 7.60. The highest BCUT2D eigenvalue weighted by Gasteiger charge is 2.20. The summed E-state index contributed by atoms with van der Waals surface area (Å²) < 4.78 is 6.83. The third-order valence-electron chi connectivity index (χ3n) is 3.03. The van der Waals surface area contributed by atoms with E-state index in [4.69, 9.17) is 4.74 Å². The minimum Gasteiger partial charge on any atom is -0.379 e. The van der Waals surface area contributed by atoms with Crippen molar-refractivity contribution in [1.29, 1.82) is 0 Å². The number of thiophene rings is 1. The zero-order chi connectivity index (χ0) is 12.9. The molecule has 1 heterocycles. The predicted octanol–water partition coefficient (Wildman–Crippen LogP) is 4.21.